The van der Waals surface area contributed by atoms with Crippen molar-refractivity contribution in [3.05, 3.63) is 47.8 Å². The lowest BCUT2D eigenvalue weighted by Gasteiger charge is -2.04. The SMILES string of the molecule is BCC(=O)c1ccc(F)c2ccccc12. The van der Waals surface area contributed by atoms with Crippen molar-refractivity contribution in [3.8, 4) is 0 Å². The van der Waals surface area contributed by atoms with E-state index >= 15 is 0 Å². The standard InChI is InChI=1S/C12H10BFO/c13-7-12(15)10-5-6-11(14)9-4-2-1-3-8(9)10/h1-6H,7,13H2. The van der Waals surface area contributed by atoms with Crippen molar-refractivity contribution >= 4 is 24.4 Å². The summed E-state index contributed by atoms with van der Waals surface area (Å²) in [7, 11) is 1.81. The molecule has 2 aromatic rings. The van der Waals surface area contributed by atoms with Gasteiger partial charge in [0.25, 0.3) is 0 Å². The van der Waals surface area contributed by atoms with Gasteiger partial charge in [-0.3, -0.25) is 4.79 Å². The zero-order valence-electron chi connectivity index (χ0n) is 8.46. The lowest BCUT2D eigenvalue weighted by molar-refractivity contribution is 0.101. The minimum atomic E-state index is -0.279. The summed E-state index contributed by atoms with van der Waals surface area (Å²) in [5, 5.41) is 1.21. The second kappa shape index (κ2) is 3.85. The first-order chi connectivity index (χ1) is 7.24. The highest BCUT2D eigenvalue weighted by Gasteiger charge is 2.09. The van der Waals surface area contributed by atoms with E-state index in [1.807, 2.05) is 6.07 Å². The average Bonchev–Trinajstić information content (AvgIpc) is 2.29. The minimum absolute atomic E-state index is 0.0474. The van der Waals surface area contributed by atoms with E-state index in [4.69, 9.17) is 0 Å². The summed E-state index contributed by atoms with van der Waals surface area (Å²) < 4.78 is 13.4. The van der Waals surface area contributed by atoms with Crippen LogP contribution in [0.25, 0.3) is 10.8 Å². The highest BCUT2D eigenvalue weighted by Crippen LogP contribution is 2.22. The van der Waals surface area contributed by atoms with Crippen LogP contribution in [0.3, 0.4) is 0 Å². The van der Waals surface area contributed by atoms with E-state index in [1.54, 1.807) is 32.1 Å². The lowest BCUT2D eigenvalue weighted by atomic mass is 9.92. The van der Waals surface area contributed by atoms with Crippen LogP contribution in [0.5, 0.6) is 0 Å². The molecule has 2 aromatic carbocycles. The number of halogens is 1. The number of Topliss-reactive ketones (excluding diaryl/α,β-unsaturated/α-hetero) is 1. The van der Waals surface area contributed by atoms with Gasteiger partial charge in [0, 0.05) is 10.9 Å². The molecule has 0 radical (unpaired) electrons. The third-order valence-corrected chi connectivity index (χ3v) is 2.49. The molecule has 0 amide bonds. The molecule has 74 valence electrons. The molecule has 0 aliphatic heterocycles. The van der Waals surface area contributed by atoms with Crippen LogP contribution < -0.4 is 0 Å². The van der Waals surface area contributed by atoms with Crippen LogP contribution in [0.4, 0.5) is 4.39 Å². The zero-order valence-corrected chi connectivity index (χ0v) is 8.46. The van der Waals surface area contributed by atoms with E-state index in [9.17, 15) is 9.18 Å². The van der Waals surface area contributed by atoms with Gasteiger partial charge in [-0.25, -0.2) is 4.39 Å². The molecule has 0 bridgehead atoms. The Morgan fingerprint density at radius 1 is 1.13 bits per heavy atom. The van der Waals surface area contributed by atoms with E-state index in [0.29, 0.717) is 22.7 Å². The van der Waals surface area contributed by atoms with Crippen molar-refractivity contribution in [2.24, 2.45) is 0 Å². The smallest absolute Gasteiger partial charge is 0.155 e. The maximum atomic E-state index is 13.4. The molecule has 0 aliphatic rings. The fourth-order valence-corrected chi connectivity index (χ4v) is 1.70. The number of carbonyl (C=O) groups is 1. The van der Waals surface area contributed by atoms with Gasteiger partial charge >= 0.3 is 0 Å². The van der Waals surface area contributed by atoms with Crippen molar-refractivity contribution in [2.45, 2.75) is 6.32 Å². The lowest BCUT2D eigenvalue weighted by Crippen LogP contribution is -1.99. The van der Waals surface area contributed by atoms with Crippen LogP contribution in [0.1, 0.15) is 10.4 Å². The molecule has 0 saturated carbocycles. The predicted octanol–water partition coefficient (Wildman–Crippen LogP) is 2.21. The van der Waals surface area contributed by atoms with Gasteiger partial charge in [0.15, 0.2) is 5.78 Å². The van der Waals surface area contributed by atoms with Crippen molar-refractivity contribution in [1.29, 1.82) is 0 Å². The van der Waals surface area contributed by atoms with Crippen LogP contribution in [0.2, 0.25) is 6.32 Å². The molecule has 0 aromatic heterocycles. The Morgan fingerprint density at radius 3 is 2.47 bits per heavy atom. The van der Waals surface area contributed by atoms with Crippen molar-refractivity contribution in [2.75, 3.05) is 0 Å². The monoisotopic (exact) mass is 200 g/mol. The summed E-state index contributed by atoms with van der Waals surface area (Å²) in [6.07, 6.45) is 0.440. The van der Waals surface area contributed by atoms with Gasteiger partial charge < -0.3 is 0 Å². The summed E-state index contributed by atoms with van der Waals surface area (Å²) in [6, 6.07) is 9.97. The second-order valence-corrected chi connectivity index (χ2v) is 3.42. The number of hydrogen-bond donors (Lipinski definition) is 0. The summed E-state index contributed by atoms with van der Waals surface area (Å²) >= 11 is 0. The van der Waals surface area contributed by atoms with Crippen molar-refractivity contribution < 1.29 is 9.18 Å². The molecule has 0 unspecified atom stereocenters. The third kappa shape index (κ3) is 1.65. The molecule has 0 N–H and O–H groups in total. The maximum Gasteiger partial charge on any atom is 0.155 e. The summed E-state index contributed by atoms with van der Waals surface area (Å²) in [5.74, 6) is -0.232. The molecule has 15 heavy (non-hydrogen) atoms. The van der Waals surface area contributed by atoms with Gasteiger partial charge in [-0.05, 0) is 23.8 Å². The van der Waals surface area contributed by atoms with Crippen LogP contribution in [-0.4, -0.2) is 13.6 Å². The van der Waals surface area contributed by atoms with Gasteiger partial charge in [-0.2, -0.15) is 0 Å². The first-order valence-corrected chi connectivity index (χ1v) is 4.94. The number of fused-ring (bicyclic) bond motifs is 1. The Bertz CT molecular complexity index is 522. The van der Waals surface area contributed by atoms with Crippen LogP contribution in [0, 0.1) is 5.82 Å². The molecule has 1 nitrogen and oxygen atoms in total. The first-order valence-electron chi connectivity index (χ1n) is 4.94. The van der Waals surface area contributed by atoms with Gasteiger partial charge in [-0.1, -0.05) is 24.3 Å². The summed E-state index contributed by atoms with van der Waals surface area (Å²) in [4.78, 5) is 11.6. The highest BCUT2D eigenvalue weighted by atomic mass is 19.1. The molecule has 0 fully saturated rings. The molecule has 0 heterocycles. The van der Waals surface area contributed by atoms with E-state index in [1.165, 1.54) is 6.07 Å². The van der Waals surface area contributed by atoms with Gasteiger partial charge in [0.1, 0.15) is 13.7 Å². The fraction of sp³-hybridized carbons (Fsp3) is 0.0833. The van der Waals surface area contributed by atoms with E-state index < -0.39 is 0 Å². The van der Waals surface area contributed by atoms with Crippen molar-refractivity contribution in [3.63, 3.8) is 0 Å². The third-order valence-electron chi connectivity index (χ3n) is 2.49. The molecule has 0 aliphatic carbocycles. The average molecular weight is 200 g/mol. The zero-order chi connectivity index (χ0) is 10.8. The molecule has 0 atom stereocenters. The van der Waals surface area contributed by atoms with Crippen LogP contribution in [0.15, 0.2) is 36.4 Å². The number of carbonyl (C=O) groups excluding carboxylic acids is 1. The Kier molecular flexibility index (Phi) is 2.54. The Morgan fingerprint density at radius 2 is 1.80 bits per heavy atom. The number of rotatable bonds is 2. The quantitative estimate of drug-likeness (QED) is 0.536. The van der Waals surface area contributed by atoms with Crippen LogP contribution >= 0.6 is 0 Å². The molecule has 2 rings (SSSR count). The normalized spacial score (nSPS) is 10.5. The minimum Gasteiger partial charge on any atom is -0.295 e. The Labute approximate surface area is 88.3 Å². The van der Waals surface area contributed by atoms with Crippen LogP contribution in [-0.2, 0) is 0 Å². The van der Waals surface area contributed by atoms with E-state index in [2.05, 4.69) is 0 Å². The van der Waals surface area contributed by atoms with E-state index in [-0.39, 0.29) is 11.6 Å². The largest absolute Gasteiger partial charge is 0.295 e. The predicted molar refractivity (Wildman–Crippen MR) is 61.6 cm³/mol. The van der Waals surface area contributed by atoms with Crippen molar-refractivity contribution in [1.82, 2.24) is 0 Å². The highest BCUT2D eigenvalue weighted by molar-refractivity contribution is 6.26. The van der Waals surface area contributed by atoms with E-state index in [0.717, 1.165) is 0 Å². The molecule has 3 heteroatoms. The number of ketones is 1. The number of hydrogen-bond acceptors (Lipinski definition) is 1. The topological polar surface area (TPSA) is 17.1 Å². The molecule has 0 spiro atoms. The summed E-state index contributed by atoms with van der Waals surface area (Å²) in [6.45, 7) is 0. The Hall–Kier alpha value is -1.64. The maximum absolute atomic E-state index is 13.4. The second-order valence-electron chi connectivity index (χ2n) is 3.42. The first kappa shape index (κ1) is 9.90. The molecular formula is C12H10BFO. The summed E-state index contributed by atoms with van der Waals surface area (Å²) in [5.41, 5.74) is 0.606. The number of benzene rings is 2. The molecule has 0 saturated heterocycles. The van der Waals surface area contributed by atoms with Gasteiger partial charge in [-0.15, -0.1) is 0 Å². The Balaban J connectivity index is 2.77. The fourth-order valence-electron chi connectivity index (χ4n) is 1.70. The van der Waals surface area contributed by atoms with Gasteiger partial charge in [0.2, 0.25) is 0 Å². The van der Waals surface area contributed by atoms with Gasteiger partial charge in [0.05, 0.1) is 0 Å². The molecular weight excluding hydrogens is 190 g/mol.